The van der Waals surface area contributed by atoms with Crippen LogP contribution in [-0.4, -0.2) is 28.4 Å². The molecule has 3 heterocycles. The summed E-state index contributed by atoms with van der Waals surface area (Å²) in [6.45, 7) is 0.233. The van der Waals surface area contributed by atoms with Crippen LogP contribution in [0.5, 0.6) is 5.75 Å². The zero-order valence-electron chi connectivity index (χ0n) is 17.9. The molecule has 2 unspecified atom stereocenters. The summed E-state index contributed by atoms with van der Waals surface area (Å²) in [4.78, 5) is 9.39. The van der Waals surface area contributed by atoms with Gasteiger partial charge in [0, 0.05) is 12.5 Å². The van der Waals surface area contributed by atoms with Crippen LogP contribution in [-0.2, 0) is 6.42 Å². The Morgan fingerprint density at radius 2 is 1.97 bits per heavy atom. The number of nitrogens with zero attached hydrogens (tertiary/aromatic N) is 3. The molecule has 0 aromatic heterocycles. The van der Waals surface area contributed by atoms with Crippen LogP contribution >= 0.6 is 0 Å². The van der Waals surface area contributed by atoms with E-state index in [0.29, 0.717) is 11.8 Å². The molecule has 0 bridgehead atoms. The van der Waals surface area contributed by atoms with Crippen LogP contribution in [0.25, 0.3) is 0 Å². The highest BCUT2D eigenvalue weighted by Gasteiger charge is 2.48. The highest BCUT2D eigenvalue weighted by molar-refractivity contribution is 6.00. The fraction of sp³-hybridized carbons (Fsp3) is 0.308. The molecule has 0 amide bonds. The largest absolute Gasteiger partial charge is 0.485 e. The molecule has 2 aromatic rings. The van der Waals surface area contributed by atoms with Crippen molar-refractivity contribution in [1.29, 1.82) is 0 Å². The first-order valence-corrected chi connectivity index (χ1v) is 11.3. The SMILES string of the molecule is N[N+]12C=CN=CC1=C(C1CC(CO)C1)N=C2c1ccc2c(c1)OC(c1ccccc1)CC2. The summed E-state index contributed by atoms with van der Waals surface area (Å²) < 4.78 is 6.46. The number of allylic oxidation sites excluding steroid dienone is 2. The quantitative estimate of drug-likeness (QED) is 0.572. The Hall–Kier alpha value is -3.06. The van der Waals surface area contributed by atoms with E-state index in [9.17, 15) is 5.11 Å². The van der Waals surface area contributed by atoms with Crippen LogP contribution in [0.3, 0.4) is 0 Å². The Bertz CT molecular complexity index is 1180. The van der Waals surface area contributed by atoms with Gasteiger partial charge in [0.1, 0.15) is 23.8 Å². The number of aliphatic hydroxyl groups is 1. The van der Waals surface area contributed by atoms with E-state index in [0.717, 1.165) is 54.2 Å². The van der Waals surface area contributed by atoms with Crippen molar-refractivity contribution in [2.45, 2.75) is 31.8 Å². The Morgan fingerprint density at radius 3 is 2.78 bits per heavy atom. The van der Waals surface area contributed by atoms with Gasteiger partial charge in [0.15, 0.2) is 0 Å². The van der Waals surface area contributed by atoms with Crippen LogP contribution in [0.15, 0.2) is 82.3 Å². The lowest BCUT2D eigenvalue weighted by Crippen LogP contribution is -2.53. The van der Waals surface area contributed by atoms with Crippen LogP contribution in [0, 0.1) is 11.8 Å². The molecule has 3 aliphatic heterocycles. The molecule has 162 valence electrons. The monoisotopic (exact) mass is 427 g/mol. The molecule has 2 aromatic carbocycles. The molecule has 2 atom stereocenters. The third kappa shape index (κ3) is 3.06. The Labute approximate surface area is 187 Å². The molecule has 0 radical (unpaired) electrons. The third-order valence-electron chi connectivity index (χ3n) is 7.14. The fourth-order valence-electron chi connectivity index (χ4n) is 5.23. The highest BCUT2D eigenvalue weighted by atomic mass is 16.5. The molecular formula is C26H27N4O2+. The van der Waals surface area contributed by atoms with Gasteiger partial charge >= 0.3 is 0 Å². The van der Waals surface area contributed by atoms with Crippen LogP contribution < -0.4 is 10.6 Å². The molecule has 32 heavy (non-hydrogen) atoms. The molecule has 6 heteroatoms. The zero-order chi connectivity index (χ0) is 21.7. The first-order chi connectivity index (χ1) is 15.7. The molecule has 3 N–H and O–H groups in total. The van der Waals surface area contributed by atoms with Crippen molar-refractivity contribution in [2.24, 2.45) is 27.7 Å². The summed E-state index contributed by atoms with van der Waals surface area (Å²) in [5, 5.41) is 9.44. The van der Waals surface area contributed by atoms with E-state index in [-0.39, 0.29) is 17.3 Å². The van der Waals surface area contributed by atoms with Crippen molar-refractivity contribution in [3.63, 3.8) is 0 Å². The Kier molecular flexibility index (Phi) is 4.61. The standard InChI is InChI=1S/C26H27N4O2/c27-30-11-10-28-15-22(30)25(21-12-17(13-21)16-31)29-26(30)20-7-6-19-8-9-23(32-24(19)14-20)18-4-2-1-3-5-18/h1-7,10-11,14-15,17,21,23,31H,8-9,12-13,16,27H2/q+1. The van der Waals surface area contributed by atoms with Gasteiger partial charge < -0.3 is 9.84 Å². The van der Waals surface area contributed by atoms with Crippen molar-refractivity contribution in [3.8, 4) is 5.75 Å². The molecule has 1 aliphatic carbocycles. The first-order valence-electron chi connectivity index (χ1n) is 11.3. The van der Waals surface area contributed by atoms with Gasteiger partial charge in [-0.2, -0.15) is 10.8 Å². The second-order valence-corrected chi connectivity index (χ2v) is 9.15. The number of aliphatic imine (C=N–C) groups is 2. The molecule has 0 spiro atoms. The summed E-state index contributed by atoms with van der Waals surface area (Å²) in [5.41, 5.74) is 5.31. The van der Waals surface area contributed by atoms with Gasteiger partial charge in [-0.15, -0.1) is 4.59 Å². The normalized spacial score (nSPS) is 30.3. The fourth-order valence-corrected chi connectivity index (χ4v) is 5.23. The van der Waals surface area contributed by atoms with E-state index in [4.69, 9.17) is 15.6 Å². The smallest absolute Gasteiger partial charge is 0.265 e. The minimum absolute atomic E-state index is 0.0278. The first kappa shape index (κ1) is 19.6. The summed E-state index contributed by atoms with van der Waals surface area (Å²) in [7, 11) is 0. The van der Waals surface area contributed by atoms with E-state index in [1.165, 1.54) is 11.1 Å². The summed E-state index contributed by atoms with van der Waals surface area (Å²) in [6, 6.07) is 16.7. The number of rotatable bonds is 4. The van der Waals surface area contributed by atoms with Gasteiger partial charge in [0.2, 0.25) is 5.70 Å². The molecule has 6 rings (SSSR count). The minimum atomic E-state index is 0.0278. The second kappa shape index (κ2) is 7.52. The van der Waals surface area contributed by atoms with Crippen molar-refractivity contribution < 1.29 is 14.4 Å². The number of quaternary nitrogens is 1. The van der Waals surface area contributed by atoms with Gasteiger partial charge in [-0.05, 0) is 54.9 Å². The number of nitrogens with two attached hydrogens (primary N) is 1. The van der Waals surface area contributed by atoms with Gasteiger partial charge in [-0.25, -0.2) is 0 Å². The summed E-state index contributed by atoms with van der Waals surface area (Å²) in [5.74, 6) is 9.26. The number of benzene rings is 2. The lowest BCUT2D eigenvalue weighted by atomic mass is 9.73. The Morgan fingerprint density at radius 1 is 1.12 bits per heavy atom. The molecule has 6 nitrogen and oxygen atoms in total. The maximum atomic E-state index is 9.44. The summed E-state index contributed by atoms with van der Waals surface area (Å²) >= 11 is 0. The van der Waals surface area contributed by atoms with E-state index < -0.39 is 0 Å². The summed E-state index contributed by atoms with van der Waals surface area (Å²) in [6.07, 6.45) is 9.34. The predicted molar refractivity (Wildman–Crippen MR) is 124 cm³/mol. The van der Waals surface area contributed by atoms with E-state index in [2.05, 4.69) is 47.5 Å². The number of aliphatic hydroxyl groups excluding tert-OH is 1. The molecule has 0 saturated heterocycles. The average Bonchev–Trinajstić information content (AvgIpc) is 3.11. The number of ether oxygens (including phenoxy) is 1. The molecule has 4 aliphatic rings. The number of hydrogen-bond acceptors (Lipinski definition) is 5. The number of hydrogen-bond donors (Lipinski definition) is 2. The topological polar surface area (TPSA) is 80.2 Å². The lowest BCUT2D eigenvalue weighted by Gasteiger charge is -2.34. The number of aryl methyl sites for hydroxylation is 1. The van der Waals surface area contributed by atoms with Crippen molar-refractivity contribution in [3.05, 3.63) is 89.0 Å². The number of fused-ring (bicyclic) bond motifs is 2. The van der Waals surface area contributed by atoms with Crippen molar-refractivity contribution >= 4 is 12.1 Å². The van der Waals surface area contributed by atoms with E-state index >= 15 is 0 Å². The van der Waals surface area contributed by atoms with Crippen LogP contribution in [0.4, 0.5) is 0 Å². The van der Waals surface area contributed by atoms with Gasteiger partial charge in [0.05, 0.1) is 18.0 Å². The van der Waals surface area contributed by atoms with E-state index in [1.807, 2.05) is 18.5 Å². The van der Waals surface area contributed by atoms with Gasteiger partial charge in [-0.1, -0.05) is 36.4 Å². The maximum absolute atomic E-state index is 9.44. The average molecular weight is 428 g/mol. The number of amidine groups is 1. The Balaban J connectivity index is 1.34. The zero-order valence-corrected chi connectivity index (χ0v) is 17.9. The predicted octanol–water partition coefficient (Wildman–Crippen LogP) is 3.99. The second-order valence-electron chi connectivity index (χ2n) is 9.15. The molecule has 1 fully saturated rings. The van der Waals surface area contributed by atoms with Gasteiger partial charge in [-0.3, -0.25) is 4.99 Å². The highest BCUT2D eigenvalue weighted by Crippen LogP contribution is 2.45. The maximum Gasteiger partial charge on any atom is 0.265 e. The third-order valence-corrected chi connectivity index (χ3v) is 7.14. The van der Waals surface area contributed by atoms with E-state index in [1.54, 1.807) is 6.20 Å². The minimum Gasteiger partial charge on any atom is -0.485 e. The van der Waals surface area contributed by atoms with Crippen LogP contribution in [0.1, 0.15) is 42.1 Å². The molecular weight excluding hydrogens is 400 g/mol. The lowest BCUT2D eigenvalue weighted by molar-refractivity contribution is -0.750. The van der Waals surface area contributed by atoms with Gasteiger partial charge in [0.25, 0.3) is 5.84 Å². The molecule has 1 saturated carbocycles. The van der Waals surface area contributed by atoms with Crippen molar-refractivity contribution in [2.75, 3.05) is 6.61 Å². The van der Waals surface area contributed by atoms with Crippen molar-refractivity contribution in [1.82, 2.24) is 0 Å². The van der Waals surface area contributed by atoms with Crippen LogP contribution in [0.2, 0.25) is 0 Å².